The second-order valence-electron chi connectivity index (χ2n) is 5.41. The minimum Gasteiger partial charge on any atom is -0.370 e. The van der Waals surface area contributed by atoms with Gasteiger partial charge in [0, 0.05) is 44.3 Å². The monoisotopic (exact) mass is 333 g/mol. The topological polar surface area (TPSA) is 57.8 Å². The third-order valence-corrected chi connectivity index (χ3v) is 4.69. The van der Waals surface area contributed by atoms with Crippen LogP contribution in [0.2, 0.25) is 0 Å². The molecule has 7 heteroatoms. The number of piperazine rings is 1. The second kappa shape index (κ2) is 7.41. The summed E-state index contributed by atoms with van der Waals surface area (Å²) >= 11 is 1.66. The van der Waals surface area contributed by atoms with E-state index >= 15 is 0 Å². The summed E-state index contributed by atoms with van der Waals surface area (Å²) < 4.78 is 13.1. The number of guanidine groups is 1. The molecule has 0 bridgehead atoms. The van der Waals surface area contributed by atoms with Crippen molar-refractivity contribution in [3.63, 3.8) is 0 Å². The third-order valence-electron chi connectivity index (χ3n) is 3.86. The van der Waals surface area contributed by atoms with Crippen molar-refractivity contribution in [3.8, 4) is 0 Å². The Labute approximate surface area is 139 Å². The van der Waals surface area contributed by atoms with Crippen LogP contribution in [0.3, 0.4) is 0 Å². The zero-order valence-electron chi connectivity index (χ0n) is 12.9. The van der Waals surface area contributed by atoms with Crippen LogP contribution in [0, 0.1) is 5.82 Å². The molecule has 2 N–H and O–H groups in total. The maximum Gasteiger partial charge on any atom is 0.191 e. The number of benzene rings is 1. The summed E-state index contributed by atoms with van der Waals surface area (Å²) in [6.45, 7) is 4.05. The van der Waals surface area contributed by atoms with Crippen molar-refractivity contribution in [1.29, 1.82) is 0 Å². The summed E-state index contributed by atoms with van der Waals surface area (Å²) in [4.78, 5) is 13.1. The molecule has 0 amide bonds. The maximum absolute atomic E-state index is 13.1. The highest BCUT2D eigenvalue weighted by atomic mass is 32.1. The van der Waals surface area contributed by atoms with Gasteiger partial charge in [-0.25, -0.2) is 9.37 Å². The van der Waals surface area contributed by atoms with Crippen LogP contribution >= 0.6 is 11.3 Å². The van der Waals surface area contributed by atoms with E-state index in [2.05, 4.69) is 19.8 Å². The van der Waals surface area contributed by atoms with Crippen LogP contribution in [0.5, 0.6) is 0 Å². The normalized spacial score (nSPS) is 16.0. The minimum atomic E-state index is -0.210. The van der Waals surface area contributed by atoms with Gasteiger partial charge in [0.1, 0.15) is 5.82 Å². The number of aromatic nitrogens is 1. The summed E-state index contributed by atoms with van der Waals surface area (Å²) in [5.74, 6) is 0.359. The smallest absolute Gasteiger partial charge is 0.191 e. The van der Waals surface area contributed by atoms with Gasteiger partial charge in [0.15, 0.2) is 11.1 Å². The molecule has 2 heterocycles. The van der Waals surface area contributed by atoms with Crippen LogP contribution in [0.1, 0.15) is 5.56 Å². The number of nitrogens with two attached hydrogens (primary N) is 1. The molecule has 1 aliphatic heterocycles. The molecule has 122 valence electrons. The molecule has 2 aromatic rings. The van der Waals surface area contributed by atoms with Crippen molar-refractivity contribution in [2.75, 3.05) is 37.6 Å². The first kappa shape index (κ1) is 15.7. The summed E-state index contributed by atoms with van der Waals surface area (Å²) in [5.41, 5.74) is 7.02. The fourth-order valence-corrected chi connectivity index (χ4v) is 3.29. The first-order valence-electron chi connectivity index (χ1n) is 7.66. The minimum absolute atomic E-state index is 0.210. The largest absolute Gasteiger partial charge is 0.370 e. The lowest BCUT2D eigenvalue weighted by Crippen LogP contribution is -2.51. The molecule has 23 heavy (non-hydrogen) atoms. The molecule has 1 aromatic heterocycles. The number of aliphatic imine (C=N–C) groups is 1. The Morgan fingerprint density at radius 3 is 2.83 bits per heavy atom. The Morgan fingerprint density at radius 2 is 2.13 bits per heavy atom. The van der Waals surface area contributed by atoms with Gasteiger partial charge in [-0.15, -0.1) is 11.3 Å². The Kier molecular flexibility index (Phi) is 5.07. The maximum atomic E-state index is 13.1. The van der Waals surface area contributed by atoms with Crippen molar-refractivity contribution >= 4 is 22.4 Å². The number of hydrogen-bond donors (Lipinski definition) is 1. The Bertz CT molecular complexity index is 650. The molecule has 0 spiro atoms. The molecule has 5 nitrogen and oxygen atoms in total. The zero-order valence-corrected chi connectivity index (χ0v) is 13.7. The lowest BCUT2D eigenvalue weighted by Gasteiger charge is -2.35. The first-order valence-corrected chi connectivity index (χ1v) is 8.54. The standard InChI is InChI=1S/C16H20FN5S/c17-14-3-1-2-13(12-14)4-5-19-15(18)21-7-9-22(10-8-21)16-20-6-11-23-16/h1-3,6,11-12H,4-5,7-10H2,(H2,18,19). The lowest BCUT2D eigenvalue weighted by molar-refractivity contribution is 0.380. The highest BCUT2D eigenvalue weighted by molar-refractivity contribution is 7.13. The van der Waals surface area contributed by atoms with Crippen LogP contribution in [-0.2, 0) is 6.42 Å². The van der Waals surface area contributed by atoms with Crippen molar-refractivity contribution in [2.24, 2.45) is 10.7 Å². The predicted octanol–water partition coefficient (Wildman–Crippen LogP) is 1.96. The Morgan fingerprint density at radius 1 is 1.30 bits per heavy atom. The number of anilines is 1. The van der Waals surface area contributed by atoms with Gasteiger partial charge in [0.05, 0.1) is 0 Å². The zero-order chi connectivity index (χ0) is 16.1. The summed E-state index contributed by atoms with van der Waals surface area (Å²) in [7, 11) is 0. The van der Waals surface area contributed by atoms with Crippen LogP contribution in [0.15, 0.2) is 40.8 Å². The fourth-order valence-electron chi connectivity index (χ4n) is 2.59. The lowest BCUT2D eigenvalue weighted by atomic mass is 10.1. The molecule has 0 radical (unpaired) electrons. The molecule has 0 unspecified atom stereocenters. The molecule has 1 saturated heterocycles. The molecule has 0 aliphatic carbocycles. The summed E-state index contributed by atoms with van der Waals surface area (Å²) in [6, 6.07) is 6.61. The van der Waals surface area contributed by atoms with Crippen LogP contribution in [-0.4, -0.2) is 48.6 Å². The fraction of sp³-hybridized carbons (Fsp3) is 0.375. The van der Waals surface area contributed by atoms with E-state index in [9.17, 15) is 4.39 Å². The van der Waals surface area contributed by atoms with Crippen molar-refractivity contribution < 1.29 is 4.39 Å². The summed E-state index contributed by atoms with van der Waals surface area (Å²) in [5, 5.41) is 3.05. The van der Waals surface area contributed by atoms with Gasteiger partial charge in [-0.05, 0) is 24.1 Å². The average molecular weight is 333 g/mol. The highest BCUT2D eigenvalue weighted by Crippen LogP contribution is 2.18. The SMILES string of the molecule is NC(=NCCc1cccc(F)c1)N1CCN(c2nccs2)CC1. The Balaban J connectivity index is 1.48. The number of halogens is 1. The van der Waals surface area contributed by atoms with Gasteiger partial charge in [-0.1, -0.05) is 12.1 Å². The van der Waals surface area contributed by atoms with Crippen molar-refractivity contribution in [3.05, 3.63) is 47.2 Å². The second-order valence-corrected chi connectivity index (χ2v) is 6.28. The van der Waals surface area contributed by atoms with Crippen LogP contribution < -0.4 is 10.6 Å². The van der Waals surface area contributed by atoms with E-state index in [0.29, 0.717) is 18.9 Å². The third kappa shape index (κ3) is 4.19. The van der Waals surface area contributed by atoms with Gasteiger partial charge in [-0.3, -0.25) is 4.99 Å². The van der Waals surface area contributed by atoms with Gasteiger partial charge >= 0.3 is 0 Å². The quantitative estimate of drug-likeness (QED) is 0.686. The molecule has 3 rings (SSSR count). The Hall–Kier alpha value is -2.15. The molecule has 1 aromatic carbocycles. The molecule has 0 atom stereocenters. The molecule has 1 fully saturated rings. The van der Waals surface area contributed by atoms with Crippen LogP contribution in [0.25, 0.3) is 0 Å². The molecular weight excluding hydrogens is 313 g/mol. The number of hydrogen-bond acceptors (Lipinski definition) is 4. The van der Waals surface area contributed by atoms with Crippen molar-refractivity contribution in [1.82, 2.24) is 9.88 Å². The average Bonchev–Trinajstić information content (AvgIpc) is 3.09. The van der Waals surface area contributed by atoms with E-state index < -0.39 is 0 Å². The molecular formula is C16H20FN5S. The van der Waals surface area contributed by atoms with E-state index in [4.69, 9.17) is 5.73 Å². The van der Waals surface area contributed by atoms with Gasteiger partial charge in [0.25, 0.3) is 0 Å². The highest BCUT2D eigenvalue weighted by Gasteiger charge is 2.19. The number of rotatable bonds is 4. The van der Waals surface area contributed by atoms with E-state index in [1.807, 2.05) is 17.6 Å². The molecule has 1 aliphatic rings. The van der Waals surface area contributed by atoms with E-state index in [1.165, 1.54) is 6.07 Å². The van der Waals surface area contributed by atoms with Gasteiger partial charge < -0.3 is 15.5 Å². The van der Waals surface area contributed by atoms with Crippen LogP contribution in [0.4, 0.5) is 9.52 Å². The van der Waals surface area contributed by atoms with Gasteiger partial charge in [0.2, 0.25) is 0 Å². The molecule has 0 saturated carbocycles. The van der Waals surface area contributed by atoms with E-state index in [1.54, 1.807) is 23.5 Å². The van der Waals surface area contributed by atoms with E-state index in [0.717, 1.165) is 36.9 Å². The van der Waals surface area contributed by atoms with E-state index in [-0.39, 0.29) is 5.82 Å². The number of nitrogens with zero attached hydrogens (tertiary/aromatic N) is 4. The van der Waals surface area contributed by atoms with Gasteiger partial charge in [-0.2, -0.15) is 0 Å². The van der Waals surface area contributed by atoms with Crippen molar-refractivity contribution in [2.45, 2.75) is 6.42 Å². The first-order chi connectivity index (χ1) is 11.2. The summed E-state index contributed by atoms with van der Waals surface area (Å²) in [6.07, 6.45) is 2.52. The number of thiazole rings is 1. The predicted molar refractivity (Wildman–Crippen MR) is 92.5 cm³/mol.